The number of aromatic carboxylic acids is 1. The van der Waals surface area contributed by atoms with Crippen molar-refractivity contribution in [1.29, 1.82) is 0 Å². The highest BCUT2D eigenvalue weighted by molar-refractivity contribution is 6.01. The van der Waals surface area contributed by atoms with Gasteiger partial charge in [-0.05, 0) is 50.5 Å². The zero-order chi connectivity index (χ0) is 14.2. The van der Waals surface area contributed by atoms with E-state index in [0.717, 1.165) is 24.1 Å². The number of nitrogens with two attached hydrogens (primary N) is 1. The number of rotatable bonds is 2. The molecule has 2 rings (SSSR count). The Hall–Kier alpha value is -1.88. The first kappa shape index (κ1) is 13.5. The van der Waals surface area contributed by atoms with Crippen LogP contribution in [0.4, 0.5) is 5.69 Å². The van der Waals surface area contributed by atoms with E-state index in [1.165, 1.54) is 6.07 Å². The van der Waals surface area contributed by atoms with Crippen molar-refractivity contribution < 1.29 is 14.7 Å². The quantitative estimate of drug-likeness (QED) is 0.843. The van der Waals surface area contributed by atoms with Crippen molar-refractivity contribution in [2.24, 2.45) is 5.73 Å². The van der Waals surface area contributed by atoms with Gasteiger partial charge in [0.25, 0.3) is 0 Å². The van der Waals surface area contributed by atoms with Gasteiger partial charge in [0.05, 0.1) is 11.1 Å². The van der Waals surface area contributed by atoms with Gasteiger partial charge < -0.3 is 15.7 Å². The van der Waals surface area contributed by atoms with Crippen LogP contribution in [-0.4, -0.2) is 29.1 Å². The highest BCUT2D eigenvalue weighted by Gasteiger charge is 2.31. The van der Waals surface area contributed by atoms with Gasteiger partial charge >= 0.3 is 5.97 Å². The standard InChI is InChI=1S/C14H18N2O3/c1-14(2,15)13(19)16-7-3-4-9-8-10(12(17)18)5-6-11(9)16/h5-6,8H,3-4,7,15H2,1-2H3,(H,17,18). The number of anilines is 1. The summed E-state index contributed by atoms with van der Waals surface area (Å²) >= 11 is 0. The third-order valence-electron chi connectivity index (χ3n) is 3.24. The molecule has 1 aliphatic heterocycles. The summed E-state index contributed by atoms with van der Waals surface area (Å²) in [4.78, 5) is 24.9. The Morgan fingerprint density at radius 1 is 1.37 bits per heavy atom. The molecule has 0 fully saturated rings. The molecule has 102 valence electrons. The van der Waals surface area contributed by atoms with E-state index in [-0.39, 0.29) is 11.5 Å². The van der Waals surface area contributed by atoms with Crippen LogP contribution in [0.15, 0.2) is 18.2 Å². The minimum Gasteiger partial charge on any atom is -0.478 e. The Morgan fingerprint density at radius 3 is 2.63 bits per heavy atom. The fourth-order valence-corrected chi connectivity index (χ4v) is 2.29. The van der Waals surface area contributed by atoms with Crippen LogP contribution in [0.25, 0.3) is 0 Å². The predicted molar refractivity (Wildman–Crippen MR) is 72.3 cm³/mol. The molecule has 1 aliphatic rings. The van der Waals surface area contributed by atoms with Gasteiger partial charge in [0, 0.05) is 12.2 Å². The third-order valence-corrected chi connectivity index (χ3v) is 3.24. The first-order chi connectivity index (χ1) is 8.80. The summed E-state index contributed by atoms with van der Waals surface area (Å²) in [5.41, 5.74) is 6.85. The second-order valence-corrected chi connectivity index (χ2v) is 5.43. The number of nitrogens with zero attached hydrogens (tertiary/aromatic N) is 1. The van der Waals surface area contributed by atoms with Gasteiger partial charge in [-0.2, -0.15) is 0 Å². The molecule has 1 amide bonds. The van der Waals surface area contributed by atoms with Gasteiger partial charge in [0.1, 0.15) is 0 Å². The summed E-state index contributed by atoms with van der Waals surface area (Å²) in [6, 6.07) is 4.86. The molecule has 1 heterocycles. The Bertz CT molecular complexity index is 532. The summed E-state index contributed by atoms with van der Waals surface area (Å²) < 4.78 is 0. The number of hydrogen-bond donors (Lipinski definition) is 2. The van der Waals surface area contributed by atoms with E-state index in [0.29, 0.717) is 6.54 Å². The molecular formula is C14H18N2O3. The molecule has 1 aromatic rings. The fourth-order valence-electron chi connectivity index (χ4n) is 2.29. The molecule has 0 bridgehead atoms. The minimum atomic E-state index is -0.953. The minimum absolute atomic E-state index is 0.142. The van der Waals surface area contributed by atoms with Crippen molar-refractivity contribution >= 4 is 17.6 Å². The fraction of sp³-hybridized carbons (Fsp3) is 0.429. The number of carboxylic acid groups (broad SMARTS) is 1. The zero-order valence-electron chi connectivity index (χ0n) is 11.1. The molecule has 1 aromatic carbocycles. The Morgan fingerprint density at radius 2 is 2.05 bits per heavy atom. The molecular weight excluding hydrogens is 244 g/mol. The van der Waals surface area contributed by atoms with Crippen molar-refractivity contribution in [3.8, 4) is 0 Å². The van der Waals surface area contributed by atoms with Crippen LogP contribution in [0.1, 0.15) is 36.2 Å². The highest BCUT2D eigenvalue weighted by Crippen LogP contribution is 2.29. The van der Waals surface area contributed by atoms with Crippen LogP contribution >= 0.6 is 0 Å². The molecule has 3 N–H and O–H groups in total. The number of aryl methyl sites for hydroxylation is 1. The van der Waals surface area contributed by atoms with Gasteiger partial charge in [-0.15, -0.1) is 0 Å². The van der Waals surface area contributed by atoms with Crippen LogP contribution in [0.2, 0.25) is 0 Å². The van der Waals surface area contributed by atoms with Gasteiger partial charge in [-0.25, -0.2) is 4.79 Å². The van der Waals surface area contributed by atoms with Crippen molar-refractivity contribution in [3.63, 3.8) is 0 Å². The molecule has 5 heteroatoms. The van der Waals surface area contributed by atoms with E-state index in [9.17, 15) is 9.59 Å². The van der Waals surface area contributed by atoms with Crippen molar-refractivity contribution in [1.82, 2.24) is 0 Å². The second kappa shape index (κ2) is 4.66. The molecule has 0 aliphatic carbocycles. The number of amides is 1. The number of fused-ring (bicyclic) bond motifs is 1. The number of benzene rings is 1. The van der Waals surface area contributed by atoms with Gasteiger partial charge in [0.15, 0.2) is 0 Å². The van der Waals surface area contributed by atoms with Gasteiger partial charge in [-0.1, -0.05) is 0 Å². The lowest BCUT2D eigenvalue weighted by Crippen LogP contribution is -2.52. The summed E-state index contributed by atoms with van der Waals surface area (Å²) in [6.07, 6.45) is 1.60. The molecule has 19 heavy (non-hydrogen) atoms. The van der Waals surface area contributed by atoms with Crippen LogP contribution in [0.3, 0.4) is 0 Å². The molecule has 0 saturated heterocycles. The number of hydrogen-bond acceptors (Lipinski definition) is 3. The average Bonchev–Trinajstić information content (AvgIpc) is 2.35. The van der Waals surface area contributed by atoms with Crippen LogP contribution in [-0.2, 0) is 11.2 Å². The smallest absolute Gasteiger partial charge is 0.335 e. The van der Waals surface area contributed by atoms with Crippen LogP contribution < -0.4 is 10.6 Å². The first-order valence-corrected chi connectivity index (χ1v) is 6.28. The Labute approximate surface area is 112 Å². The number of carbonyl (C=O) groups is 2. The van der Waals surface area contributed by atoms with Gasteiger partial charge in [-0.3, -0.25) is 4.79 Å². The van der Waals surface area contributed by atoms with E-state index >= 15 is 0 Å². The predicted octanol–water partition coefficient (Wildman–Crippen LogP) is 1.40. The summed E-state index contributed by atoms with van der Waals surface area (Å²) in [6.45, 7) is 3.98. The van der Waals surface area contributed by atoms with Gasteiger partial charge in [0.2, 0.25) is 5.91 Å². The summed E-state index contributed by atoms with van der Waals surface area (Å²) in [7, 11) is 0. The molecule has 0 unspecified atom stereocenters. The molecule has 0 saturated carbocycles. The lowest BCUT2D eigenvalue weighted by molar-refractivity contribution is -0.122. The molecule has 5 nitrogen and oxygen atoms in total. The zero-order valence-corrected chi connectivity index (χ0v) is 11.1. The Balaban J connectivity index is 2.40. The maximum atomic E-state index is 12.3. The number of carbonyl (C=O) groups excluding carboxylic acids is 1. The molecule has 0 spiro atoms. The van der Waals surface area contributed by atoms with E-state index < -0.39 is 11.5 Å². The Kier molecular flexibility index (Phi) is 3.32. The highest BCUT2D eigenvalue weighted by atomic mass is 16.4. The lowest BCUT2D eigenvalue weighted by atomic mass is 9.96. The lowest BCUT2D eigenvalue weighted by Gasteiger charge is -2.34. The van der Waals surface area contributed by atoms with Crippen LogP contribution in [0.5, 0.6) is 0 Å². The summed E-state index contributed by atoms with van der Waals surface area (Å²) in [5.74, 6) is -1.10. The van der Waals surface area contributed by atoms with Crippen molar-refractivity contribution in [3.05, 3.63) is 29.3 Å². The molecule has 0 atom stereocenters. The number of carboxylic acids is 1. The SMILES string of the molecule is CC(C)(N)C(=O)N1CCCc2cc(C(=O)O)ccc21. The topological polar surface area (TPSA) is 83.6 Å². The van der Waals surface area contributed by atoms with E-state index in [1.54, 1.807) is 30.9 Å². The van der Waals surface area contributed by atoms with Crippen molar-refractivity contribution in [2.45, 2.75) is 32.2 Å². The third kappa shape index (κ3) is 2.61. The largest absolute Gasteiger partial charge is 0.478 e. The summed E-state index contributed by atoms with van der Waals surface area (Å²) in [5, 5.41) is 8.99. The maximum absolute atomic E-state index is 12.3. The van der Waals surface area contributed by atoms with E-state index in [2.05, 4.69) is 0 Å². The first-order valence-electron chi connectivity index (χ1n) is 6.28. The molecule has 0 radical (unpaired) electrons. The van der Waals surface area contributed by atoms with E-state index in [4.69, 9.17) is 10.8 Å². The van der Waals surface area contributed by atoms with Crippen LogP contribution in [0, 0.1) is 0 Å². The maximum Gasteiger partial charge on any atom is 0.335 e. The van der Waals surface area contributed by atoms with Crippen molar-refractivity contribution in [2.75, 3.05) is 11.4 Å². The van der Waals surface area contributed by atoms with E-state index in [1.807, 2.05) is 0 Å². The second-order valence-electron chi connectivity index (χ2n) is 5.43. The molecule has 0 aromatic heterocycles. The monoisotopic (exact) mass is 262 g/mol. The average molecular weight is 262 g/mol. The normalized spacial score (nSPS) is 15.0.